The Hall–Kier alpha value is -6.18. The number of allylic oxidation sites excluding steroid dienone is 8. The molecule has 0 N–H and O–H groups in total. The topological polar surface area (TPSA) is 77.8 Å². The maximum Gasteiger partial charge on any atom is 0.227 e. The van der Waals surface area contributed by atoms with Gasteiger partial charge in [-0.05, 0) is 90.4 Å². The molecule has 244 valence electrons. The zero-order valence-corrected chi connectivity index (χ0v) is 28.3. The zero-order valence-electron chi connectivity index (χ0n) is 27.5. The highest BCUT2D eigenvalue weighted by molar-refractivity contribution is 7.20. The minimum atomic E-state index is 0.0656. The lowest BCUT2D eigenvalue weighted by Gasteiger charge is -2.19. The maximum atomic E-state index is 6.08. The molecule has 0 saturated carbocycles. The summed E-state index contributed by atoms with van der Waals surface area (Å²) in [4.78, 5) is 21.1. The van der Waals surface area contributed by atoms with Crippen LogP contribution in [0.1, 0.15) is 47.5 Å². The molecular weight excluding hydrogens is 649 g/mol. The van der Waals surface area contributed by atoms with Crippen LogP contribution in [0.25, 0.3) is 71.7 Å². The summed E-state index contributed by atoms with van der Waals surface area (Å²) in [7, 11) is 0. The van der Waals surface area contributed by atoms with Gasteiger partial charge in [-0.3, -0.25) is 0 Å². The van der Waals surface area contributed by atoms with Crippen LogP contribution in [0.15, 0.2) is 148 Å². The van der Waals surface area contributed by atoms with Gasteiger partial charge in [0.1, 0.15) is 16.9 Å². The second-order valence-electron chi connectivity index (χ2n) is 12.9. The fraction of sp³-hybridized carbons (Fsp3) is 0.0909. The van der Waals surface area contributed by atoms with Crippen LogP contribution in [0.3, 0.4) is 0 Å². The molecule has 2 aliphatic rings. The van der Waals surface area contributed by atoms with Crippen molar-refractivity contribution in [1.29, 1.82) is 0 Å². The predicted molar refractivity (Wildman–Crippen MR) is 206 cm³/mol. The Labute approximate surface area is 297 Å². The summed E-state index contributed by atoms with van der Waals surface area (Å²) in [6, 6.07) is 37.0. The number of rotatable bonds is 6. The Balaban J connectivity index is 0.992. The average molecular weight is 679 g/mol. The van der Waals surface area contributed by atoms with Crippen molar-refractivity contribution in [3.63, 3.8) is 0 Å². The lowest BCUT2D eigenvalue weighted by Crippen LogP contribution is -2.08. The smallest absolute Gasteiger partial charge is 0.227 e. The number of fused-ring (bicyclic) bond motifs is 3. The first-order valence-electron chi connectivity index (χ1n) is 17.2. The van der Waals surface area contributed by atoms with Crippen molar-refractivity contribution in [2.45, 2.75) is 25.2 Å². The molecule has 0 spiro atoms. The first kappa shape index (κ1) is 29.7. The minimum Gasteiger partial charge on any atom is -0.436 e. The Morgan fingerprint density at radius 1 is 0.608 bits per heavy atom. The summed E-state index contributed by atoms with van der Waals surface area (Å²) < 4.78 is 13.4. The van der Waals surface area contributed by atoms with Crippen LogP contribution in [0.5, 0.6) is 0 Å². The third-order valence-corrected chi connectivity index (χ3v) is 10.8. The minimum absolute atomic E-state index is 0.0656. The van der Waals surface area contributed by atoms with E-state index in [0.717, 1.165) is 75.4 Å². The first-order chi connectivity index (χ1) is 25.2. The van der Waals surface area contributed by atoms with Crippen LogP contribution >= 0.6 is 11.3 Å². The molecule has 4 aromatic heterocycles. The van der Waals surface area contributed by atoms with E-state index < -0.39 is 0 Å². The Morgan fingerprint density at radius 3 is 2.00 bits per heavy atom. The van der Waals surface area contributed by atoms with E-state index >= 15 is 0 Å². The van der Waals surface area contributed by atoms with Crippen LogP contribution in [0.2, 0.25) is 0 Å². The molecule has 7 heteroatoms. The van der Waals surface area contributed by atoms with E-state index in [-0.39, 0.29) is 5.92 Å². The number of aromatic nitrogens is 4. The van der Waals surface area contributed by atoms with Gasteiger partial charge in [-0.15, -0.1) is 11.3 Å². The zero-order chi connectivity index (χ0) is 33.7. The van der Waals surface area contributed by atoms with Gasteiger partial charge in [0.05, 0.1) is 11.4 Å². The molecule has 1 unspecified atom stereocenters. The van der Waals surface area contributed by atoms with E-state index in [0.29, 0.717) is 11.8 Å². The van der Waals surface area contributed by atoms with Crippen molar-refractivity contribution in [3.8, 4) is 22.7 Å². The fourth-order valence-electron chi connectivity index (χ4n) is 6.88. The summed E-state index contributed by atoms with van der Waals surface area (Å²) in [5.74, 6) is 2.18. The number of benzene rings is 4. The fourth-order valence-corrected chi connectivity index (χ4v) is 7.96. The molecule has 8 aromatic rings. The molecule has 6 nitrogen and oxygen atoms in total. The van der Waals surface area contributed by atoms with E-state index in [9.17, 15) is 0 Å². The summed E-state index contributed by atoms with van der Waals surface area (Å²) in [5, 5.41) is 1.28. The number of hydrogen-bond acceptors (Lipinski definition) is 7. The van der Waals surface area contributed by atoms with Gasteiger partial charge < -0.3 is 8.83 Å². The van der Waals surface area contributed by atoms with Crippen LogP contribution < -0.4 is 0 Å². The lowest BCUT2D eigenvalue weighted by atomic mass is 9.93. The van der Waals surface area contributed by atoms with Gasteiger partial charge in [-0.2, -0.15) is 0 Å². The molecule has 4 heterocycles. The number of thiophene rings is 1. The second kappa shape index (κ2) is 12.3. The van der Waals surface area contributed by atoms with E-state index in [2.05, 4.69) is 96.0 Å². The van der Waals surface area contributed by atoms with Crippen molar-refractivity contribution in [2.24, 2.45) is 0 Å². The highest BCUT2D eigenvalue weighted by atomic mass is 32.1. The average Bonchev–Trinajstić information content (AvgIpc) is 3.95. The molecule has 1 atom stereocenters. The summed E-state index contributed by atoms with van der Waals surface area (Å²) >= 11 is 1.84. The van der Waals surface area contributed by atoms with Crippen molar-refractivity contribution in [2.75, 3.05) is 0 Å². The molecule has 4 aromatic carbocycles. The van der Waals surface area contributed by atoms with Gasteiger partial charge >= 0.3 is 0 Å². The molecule has 0 bridgehead atoms. The normalized spacial score (nSPS) is 16.1. The Bertz CT molecular complexity index is 2640. The molecule has 0 radical (unpaired) electrons. The van der Waals surface area contributed by atoms with Crippen molar-refractivity contribution >= 4 is 60.3 Å². The monoisotopic (exact) mass is 678 g/mol. The van der Waals surface area contributed by atoms with Gasteiger partial charge in [0.2, 0.25) is 11.8 Å². The van der Waals surface area contributed by atoms with Crippen LogP contribution in [-0.2, 0) is 0 Å². The van der Waals surface area contributed by atoms with Crippen molar-refractivity contribution in [3.05, 3.63) is 162 Å². The van der Waals surface area contributed by atoms with Crippen LogP contribution in [0.4, 0.5) is 0 Å². The number of para-hydroxylation sites is 4. The van der Waals surface area contributed by atoms with Gasteiger partial charge in [0.15, 0.2) is 11.2 Å². The first-order valence-corrected chi connectivity index (χ1v) is 18.0. The number of oxazole rings is 2. The van der Waals surface area contributed by atoms with Crippen molar-refractivity contribution in [1.82, 2.24) is 19.9 Å². The molecule has 0 amide bonds. The highest BCUT2D eigenvalue weighted by Gasteiger charge is 2.21. The second-order valence-corrected chi connectivity index (χ2v) is 14.0. The largest absolute Gasteiger partial charge is 0.436 e. The number of nitrogens with zero attached hydrogens (tertiary/aromatic N) is 4. The van der Waals surface area contributed by atoms with E-state index in [1.165, 1.54) is 26.1 Å². The molecule has 0 aliphatic heterocycles. The van der Waals surface area contributed by atoms with Gasteiger partial charge in [-0.1, -0.05) is 85.0 Å². The summed E-state index contributed by atoms with van der Waals surface area (Å²) in [6.45, 7) is 0. The predicted octanol–water partition coefficient (Wildman–Crippen LogP) is 11.7. The Kier molecular flexibility index (Phi) is 7.17. The lowest BCUT2D eigenvalue weighted by molar-refractivity contribution is 0.580. The quantitative estimate of drug-likeness (QED) is 0.174. The van der Waals surface area contributed by atoms with E-state index in [1.807, 2.05) is 59.9 Å². The van der Waals surface area contributed by atoms with Gasteiger partial charge in [0, 0.05) is 32.2 Å². The third kappa shape index (κ3) is 5.62. The van der Waals surface area contributed by atoms with E-state index in [4.69, 9.17) is 23.8 Å². The van der Waals surface area contributed by atoms with E-state index in [1.54, 1.807) is 0 Å². The van der Waals surface area contributed by atoms with Gasteiger partial charge in [0.25, 0.3) is 0 Å². The molecule has 2 aliphatic carbocycles. The van der Waals surface area contributed by atoms with Crippen molar-refractivity contribution < 1.29 is 8.83 Å². The highest BCUT2D eigenvalue weighted by Crippen LogP contribution is 2.38. The SMILES string of the molecule is C1=CC(c2nc(C3=CC=C(c4nc5ccccc5o4)CC3)cc(-c3ccc(-c4nc5ccccc5o4)cc3)n2)CC=C1c1cc2ccccc2s1. The molecule has 10 rings (SSSR count). The standard InChI is InChI=1S/C44H30N4O2S/c1-6-12-40-33(7-1)25-41(51-40)29-17-19-30(20-18-29)42-45-36(27-13-21-31(22-14-27)43-47-34-8-2-4-10-38(34)49-43)26-37(46-42)28-15-23-32(24-16-28)44-48-35-9-3-5-11-39(35)50-44/h1-15,17-19,21-23,25-26,30H,16,20,24H2. The van der Waals surface area contributed by atoms with Gasteiger partial charge in [-0.25, -0.2) is 19.9 Å². The van der Waals surface area contributed by atoms with Crippen LogP contribution in [-0.4, -0.2) is 19.9 Å². The van der Waals surface area contributed by atoms with Crippen LogP contribution in [0, 0.1) is 0 Å². The maximum absolute atomic E-state index is 6.08. The third-order valence-electron chi connectivity index (χ3n) is 9.65. The number of hydrogen-bond donors (Lipinski definition) is 0. The Morgan fingerprint density at radius 2 is 1.27 bits per heavy atom. The molecule has 0 fully saturated rings. The molecule has 0 saturated heterocycles. The summed E-state index contributed by atoms with van der Waals surface area (Å²) in [6.07, 6.45) is 13.6. The molecule has 51 heavy (non-hydrogen) atoms. The molecular formula is C44H30N4O2S. The summed E-state index contributed by atoms with van der Waals surface area (Å²) in [5.41, 5.74) is 10.6.